The first-order valence-corrected chi connectivity index (χ1v) is 7.14. The number of nitrogens with one attached hydrogen (secondary N) is 1. The monoisotopic (exact) mass is 242 g/mol. The third kappa shape index (κ3) is 2.92. The van der Waals surface area contributed by atoms with Crippen molar-refractivity contribution in [3.8, 4) is 0 Å². The SMILES string of the molecule is CC1CSC(NC2(C)CCCOC2)=NC1C. The van der Waals surface area contributed by atoms with E-state index in [1.54, 1.807) is 0 Å². The Kier molecular flexibility index (Phi) is 3.80. The molecule has 0 saturated carbocycles. The van der Waals surface area contributed by atoms with Crippen LogP contribution in [0.1, 0.15) is 33.6 Å². The van der Waals surface area contributed by atoms with E-state index in [1.165, 1.54) is 12.2 Å². The summed E-state index contributed by atoms with van der Waals surface area (Å²) in [5, 5.41) is 4.68. The predicted octanol–water partition coefficient (Wildman–Crippen LogP) is 2.27. The Balaban J connectivity index is 1.96. The van der Waals surface area contributed by atoms with E-state index in [4.69, 9.17) is 9.73 Å². The maximum atomic E-state index is 5.55. The molecule has 2 aliphatic heterocycles. The van der Waals surface area contributed by atoms with Crippen molar-refractivity contribution < 1.29 is 4.74 Å². The summed E-state index contributed by atoms with van der Waals surface area (Å²) in [6.45, 7) is 8.41. The Labute approximate surface area is 102 Å². The average Bonchev–Trinajstić information content (AvgIpc) is 2.24. The van der Waals surface area contributed by atoms with Gasteiger partial charge in [0.2, 0.25) is 0 Å². The molecular weight excluding hydrogens is 220 g/mol. The molecule has 0 aromatic carbocycles. The van der Waals surface area contributed by atoms with Crippen LogP contribution in [-0.2, 0) is 4.74 Å². The highest BCUT2D eigenvalue weighted by atomic mass is 32.2. The van der Waals surface area contributed by atoms with E-state index in [2.05, 4.69) is 26.1 Å². The van der Waals surface area contributed by atoms with Crippen molar-refractivity contribution in [3.05, 3.63) is 0 Å². The zero-order valence-corrected chi connectivity index (χ0v) is 11.3. The van der Waals surface area contributed by atoms with Crippen LogP contribution in [0.5, 0.6) is 0 Å². The number of rotatable bonds is 1. The van der Waals surface area contributed by atoms with Crippen molar-refractivity contribution in [1.29, 1.82) is 0 Å². The van der Waals surface area contributed by atoms with Crippen LogP contribution < -0.4 is 5.32 Å². The van der Waals surface area contributed by atoms with Gasteiger partial charge in [0.15, 0.2) is 5.17 Å². The highest BCUT2D eigenvalue weighted by Gasteiger charge is 2.30. The summed E-state index contributed by atoms with van der Waals surface area (Å²) in [6.07, 6.45) is 2.32. The molecule has 4 heteroatoms. The van der Waals surface area contributed by atoms with Crippen molar-refractivity contribution in [2.75, 3.05) is 19.0 Å². The van der Waals surface area contributed by atoms with Crippen LogP contribution in [-0.4, -0.2) is 35.7 Å². The fourth-order valence-corrected chi connectivity index (χ4v) is 3.32. The second-order valence-corrected chi connectivity index (χ2v) is 6.31. The van der Waals surface area contributed by atoms with Crippen molar-refractivity contribution in [2.24, 2.45) is 10.9 Å². The van der Waals surface area contributed by atoms with E-state index < -0.39 is 0 Å². The molecule has 2 aliphatic rings. The van der Waals surface area contributed by atoms with Gasteiger partial charge in [0.25, 0.3) is 0 Å². The molecule has 92 valence electrons. The third-order valence-electron chi connectivity index (χ3n) is 3.47. The van der Waals surface area contributed by atoms with E-state index in [0.29, 0.717) is 12.0 Å². The van der Waals surface area contributed by atoms with Crippen LogP contribution in [0.3, 0.4) is 0 Å². The van der Waals surface area contributed by atoms with Crippen molar-refractivity contribution in [3.63, 3.8) is 0 Å². The number of hydrogen-bond donors (Lipinski definition) is 1. The van der Waals surface area contributed by atoms with Crippen LogP contribution in [0, 0.1) is 5.92 Å². The van der Waals surface area contributed by atoms with Gasteiger partial charge in [-0.05, 0) is 32.6 Å². The molecule has 1 saturated heterocycles. The Bertz CT molecular complexity index is 274. The molecule has 3 atom stereocenters. The Morgan fingerprint density at radius 3 is 2.94 bits per heavy atom. The lowest BCUT2D eigenvalue weighted by molar-refractivity contribution is 0.0374. The summed E-state index contributed by atoms with van der Waals surface area (Å²) in [5.41, 5.74) is 0.0877. The Morgan fingerprint density at radius 2 is 2.31 bits per heavy atom. The van der Waals surface area contributed by atoms with Gasteiger partial charge in [0, 0.05) is 12.4 Å². The summed E-state index contributed by atoms with van der Waals surface area (Å²) in [6, 6.07) is 0.442. The third-order valence-corrected chi connectivity index (χ3v) is 4.65. The van der Waals surface area contributed by atoms with Crippen LogP contribution in [0.2, 0.25) is 0 Å². The first-order chi connectivity index (χ1) is 7.59. The normalized spacial score (nSPS) is 40.3. The molecular formula is C12H22N2OS. The van der Waals surface area contributed by atoms with Crippen LogP contribution >= 0.6 is 11.8 Å². The quantitative estimate of drug-likeness (QED) is 0.766. The molecule has 16 heavy (non-hydrogen) atoms. The smallest absolute Gasteiger partial charge is 0.157 e. The number of nitrogens with zero attached hydrogens (tertiary/aromatic N) is 1. The fraction of sp³-hybridized carbons (Fsp3) is 0.917. The summed E-state index contributed by atoms with van der Waals surface area (Å²) in [4.78, 5) is 4.72. The van der Waals surface area contributed by atoms with Gasteiger partial charge in [0.1, 0.15) is 0 Å². The van der Waals surface area contributed by atoms with E-state index in [1.807, 2.05) is 11.8 Å². The van der Waals surface area contributed by atoms with Gasteiger partial charge in [-0.1, -0.05) is 18.7 Å². The van der Waals surface area contributed by atoms with Gasteiger partial charge in [-0.15, -0.1) is 0 Å². The fourth-order valence-electron chi connectivity index (χ4n) is 2.06. The van der Waals surface area contributed by atoms with Crippen LogP contribution in [0.15, 0.2) is 4.99 Å². The Morgan fingerprint density at radius 1 is 1.50 bits per heavy atom. The van der Waals surface area contributed by atoms with Gasteiger partial charge in [-0.2, -0.15) is 0 Å². The van der Waals surface area contributed by atoms with Gasteiger partial charge in [-0.3, -0.25) is 4.99 Å². The predicted molar refractivity (Wildman–Crippen MR) is 70.1 cm³/mol. The maximum absolute atomic E-state index is 5.55. The van der Waals surface area contributed by atoms with E-state index in [-0.39, 0.29) is 5.54 Å². The lowest BCUT2D eigenvalue weighted by atomic mass is 9.95. The highest BCUT2D eigenvalue weighted by Crippen LogP contribution is 2.25. The lowest BCUT2D eigenvalue weighted by Gasteiger charge is -2.37. The molecule has 2 rings (SSSR count). The van der Waals surface area contributed by atoms with Crippen molar-refractivity contribution in [2.45, 2.75) is 45.2 Å². The summed E-state index contributed by atoms with van der Waals surface area (Å²) >= 11 is 1.85. The molecule has 1 N–H and O–H groups in total. The zero-order valence-electron chi connectivity index (χ0n) is 10.5. The van der Waals surface area contributed by atoms with Gasteiger partial charge in [0.05, 0.1) is 18.2 Å². The molecule has 0 radical (unpaired) electrons. The van der Waals surface area contributed by atoms with Gasteiger partial charge < -0.3 is 10.1 Å². The van der Waals surface area contributed by atoms with E-state index in [0.717, 1.165) is 24.8 Å². The van der Waals surface area contributed by atoms with Crippen LogP contribution in [0.25, 0.3) is 0 Å². The first kappa shape index (κ1) is 12.2. The molecule has 0 amide bonds. The number of ether oxygens (including phenoxy) is 1. The minimum Gasteiger partial charge on any atom is -0.379 e. The molecule has 0 aromatic heterocycles. The molecule has 1 fully saturated rings. The zero-order chi connectivity index (χ0) is 11.6. The molecule has 3 unspecified atom stereocenters. The van der Waals surface area contributed by atoms with Crippen molar-refractivity contribution in [1.82, 2.24) is 5.32 Å². The summed E-state index contributed by atoms with van der Waals surface area (Å²) < 4.78 is 5.55. The first-order valence-electron chi connectivity index (χ1n) is 6.16. The molecule has 0 aliphatic carbocycles. The van der Waals surface area contributed by atoms with Gasteiger partial charge in [-0.25, -0.2) is 0 Å². The maximum Gasteiger partial charge on any atom is 0.157 e. The minimum atomic E-state index is 0.0877. The molecule has 2 heterocycles. The minimum absolute atomic E-state index is 0.0877. The van der Waals surface area contributed by atoms with E-state index in [9.17, 15) is 0 Å². The number of amidine groups is 1. The van der Waals surface area contributed by atoms with E-state index >= 15 is 0 Å². The second kappa shape index (κ2) is 4.96. The van der Waals surface area contributed by atoms with Gasteiger partial charge >= 0.3 is 0 Å². The Hall–Kier alpha value is -0.220. The van der Waals surface area contributed by atoms with Crippen LogP contribution in [0.4, 0.5) is 0 Å². The highest BCUT2D eigenvalue weighted by molar-refractivity contribution is 8.13. The summed E-state index contributed by atoms with van der Waals surface area (Å²) in [7, 11) is 0. The number of hydrogen-bond acceptors (Lipinski definition) is 4. The number of thioether (sulfide) groups is 1. The standard InChI is InChI=1S/C12H22N2OS/c1-9-7-16-11(13-10(9)2)14-12(3)5-4-6-15-8-12/h9-10H,4-8H2,1-3H3,(H,13,14). The lowest BCUT2D eigenvalue weighted by Crippen LogP contribution is -2.51. The molecule has 3 nitrogen and oxygen atoms in total. The summed E-state index contributed by atoms with van der Waals surface area (Å²) in [5.74, 6) is 1.86. The van der Waals surface area contributed by atoms with Crippen molar-refractivity contribution >= 4 is 16.9 Å². The molecule has 0 spiro atoms. The second-order valence-electron chi connectivity index (χ2n) is 5.30. The molecule has 0 aromatic rings. The topological polar surface area (TPSA) is 33.6 Å². The molecule has 0 bridgehead atoms. The average molecular weight is 242 g/mol. The number of aliphatic imine (C=N–C) groups is 1. The largest absolute Gasteiger partial charge is 0.379 e.